The minimum Gasteiger partial charge on any atom is -0.376 e. The number of urea groups is 1. The largest absolute Gasteiger partial charge is 0.376 e. The first kappa shape index (κ1) is 32.2. The van der Waals surface area contributed by atoms with Gasteiger partial charge in [-0.3, -0.25) is 19.2 Å². The zero-order valence-corrected chi connectivity index (χ0v) is 26.2. The monoisotopic (exact) mass is 589 g/mol. The van der Waals surface area contributed by atoms with Crippen molar-refractivity contribution < 1.29 is 28.7 Å². The van der Waals surface area contributed by atoms with Crippen molar-refractivity contribution in [1.82, 2.24) is 20.9 Å². The maximum Gasteiger partial charge on any atom is 0.315 e. The van der Waals surface area contributed by atoms with Crippen LogP contribution < -0.4 is 21.7 Å². The summed E-state index contributed by atoms with van der Waals surface area (Å²) in [6.45, 7) is 12.6. The van der Waals surface area contributed by atoms with Crippen molar-refractivity contribution in [3.05, 3.63) is 0 Å². The van der Waals surface area contributed by atoms with Crippen molar-refractivity contribution in [2.75, 3.05) is 13.2 Å². The molecule has 11 nitrogen and oxygen atoms in total. The fourth-order valence-electron chi connectivity index (χ4n) is 6.76. The van der Waals surface area contributed by atoms with Gasteiger partial charge in [0.25, 0.3) is 5.91 Å². The van der Waals surface area contributed by atoms with Gasteiger partial charge in [-0.25, -0.2) is 4.79 Å². The summed E-state index contributed by atoms with van der Waals surface area (Å²) in [6, 6.07) is -3.35. The third kappa shape index (κ3) is 6.92. The SMILES string of the molecule is CC[C@@H](COC1CCC1)NC(=O)N[C@H](C(=O)N1C[C@H]2[C@@H]([C@H]1C(=O)NC(CC1CCC1)C(=O)C(N)=O)C2(C)C)C(C)(C)C. The predicted molar refractivity (Wildman–Crippen MR) is 157 cm³/mol. The van der Waals surface area contributed by atoms with E-state index in [4.69, 9.17) is 10.5 Å². The normalized spacial score (nSPS) is 27.0. The number of likely N-dealkylation sites (tertiary alicyclic amines) is 1. The molecule has 1 saturated heterocycles. The number of ketones is 1. The molecule has 0 aromatic heterocycles. The number of carbonyl (C=O) groups is 5. The number of piperidine rings is 1. The number of nitrogens with zero attached hydrogens (tertiary/aromatic N) is 1. The average Bonchev–Trinajstić information content (AvgIpc) is 3.18. The van der Waals surface area contributed by atoms with Gasteiger partial charge in [-0.15, -0.1) is 0 Å². The van der Waals surface area contributed by atoms with Crippen molar-refractivity contribution in [2.24, 2.45) is 34.3 Å². The molecule has 236 valence electrons. The van der Waals surface area contributed by atoms with Gasteiger partial charge in [0.15, 0.2) is 0 Å². The van der Waals surface area contributed by atoms with Crippen LogP contribution in [0.5, 0.6) is 0 Å². The number of fused-ring (bicyclic) bond motifs is 1. The van der Waals surface area contributed by atoms with E-state index in [1.807, 2.05) is 27.7 Å². The van der Waals surface area contributed by atoms with Crippen LogP contribution in [0, 0.1) is 28.6 Å². The molecule has 6 atom stereocenters. The molecular weight excluding hydrogens is 538 g/mol. The second-order valence-corrected chi connectivity index (χ2v) is 14.6. The van der Waals surface area contributed by atoms with Gasteiger partial charge < -0.3 is 31.3 Å². The number of primary amides is 1. The minimum absolute atomic E-state index is 0.0861. The molecule has 1 aliphatic heterocycles. The summed E-state index contributed by atoms with van der Waals surface area (Å²) in [5.74, 6) is -2.38. The first-order valence-corrected chi connectivity index (χ1v) is 15.8. The topological polar surface area (TPSA) is 160 Å². The first-order chi connectivity index (χ1) is 19.6. The van der Waals surface area contributed by atoms with Gasteiger partial charge in [-0.1, -0.05) is 60.8 Å². The van der Waals surface area contributed by atoms with Gasteiger partial charge in [0.05, 0.1) is 24.8 Å². The predicted octanol–water partition coefficient (Wildman–Crippen LogP) is 2.26. The highest BCUT2D eigenvalue weighted by atomic mass is 16.5. The summed E-state index contributed by atoms with van der Waals surface area (Å²) >= 11 is 0. The van der Waals surface area contributed by atoms with Gasteiger partial charge >= 0.3 is 6.03 Å². The molecule has 5 N–H and O–H groups in total. The van der Waals surface area contributed by atoms with Gasteiger partial charge in [0.1, 0.15) is 12.1 Å². The van der Waals surface area contributed by atoms with Crippen LogP contribution in [-0.4, -0.2) is 77.9 Å². The lowest BCUT2D eigenvalue weighted by Crippen LogP contribution is -2.62. The van der Waals surface area contributed by atoms with Crippen LogP contribution in [0.15, 0.2) is 0 Å². The number of hydrogen-bond acceptors (Lipinski definition) is 6. The molecule has 0 radical (unpaired) electrons. The number of nitrogens with two attached hydrogens (primary N) is 1. The molecule has 4 rings (SSSR count). The molecule has 0 bridgehead atoms. The van der Waals surface area contributed by atoms with Crippen LogP contribution in [0.2, 0.25) is 0 Å². The summed E-state index contributed by atoms with van der Waals surface area (Å²) in [7, 11) is 0. The minimum atomic E-state index is -1.07. The molecular formula is C31H51N5O6. The lowest BCUT2D eigenvalue weighted by molar-refractivity contribution is -0.145. The van der Waals surface area contributed by atoms with E-state index >= 15 is 0 Å². The summed E-state index contributed by atoms with van der Waals surface area (Å²) < 4.78 is 5.89. The van der Waals surface area contributed by atoms with Gasteiger partial charge in [-0.05, 0) is 60.7 Å². The quantitative estimate of drug-likeness (QED) is 0.241. The lowest BCUT2D eigenvalue weighted by Gasteiger charge is -2.38. The van der Waals surface area contributed by atoms with E-state index in [0.717, 1.165) is 32.1 Å². The first-order valence-electron chi connectivity index (χ1n) is 15.8. The zero-order chi connectivity index (χ0) is 31.0. The molecule has 5 amide bonds. The summed E-state index contributed by atoms with van der Waals surface area (Å²) in [4.78, 5) is 67.1. The van der Waals surface area contributed by atoms with Gasteiger partial charge in [0.2, 0.25) is 17.6 Å². The number of hydrogen-bond donors (Lipinski definition) is 4. The van der Waals surface area contributed by atoms with Crippen LogP contribution >= 0.6 is 0 Å². The number of Topliss-reactive ketones (excluding diaryl/α,β-unsaturated/α-hetero) is 1. The Morgan fingerprint density at radius 2 is 1.64 bits per heavy atom. The summed E-state index contributed by atoms with van der Waals surface area (Å²) in [5, 5.41) is 8.66. The van der Waals surface area contributed by atoms with Crippen LogP contribution in [0.25, 0.3) is 0 Å². The molecule has 4 fully saturated rings. The van der Waals surface area contributed by atoms with Gasteiger partial charge in [0, 0.05) is 6.54 Å². The third-order valence-electron chi connectivity index (χ3n) is 10.2. The molecule has 3 saturated carbocycles. The van der Waals surface area contributed by atoms with Crippen molar-refractivity contribution >= 4 is 29.5 Å². The van der Waals surface area contributed by atoms with Crippen molar-refractivity contribution in [3.8, 4) is 0 Å². The van der Waals surface area contributed by atoms with E-state index < -0.39 is 47.2 Å². The molecule has 3 aliphatic carbocycles. The number of nitrogens with one attached hydrogen (secondary N) is 3. The fraction of sp³-hybridized carbons (Fsp3) is 0.839. The smallest absolute Gasteiger partial charge is 0.315 e. The third-order valence-corrected chi connectivity index (χ3v) is 10.2. The van der Waals surface area contributed by atoms with E-state index in [1.165, 1.54) is 6.42 Å². The van der Waals surface area contributed by atoms with Crippen molar-refractivity contribution in [1.29, 1.82) is 0 Å². The molecule has 0 spiro atoms. The van der Waals surface area contributed by atoms with Crippen molar-refractivity contribution in [2.45, 2.75) is 123 Å². The molecule has 1 heterocycles. The highest BCUT2D eigenvalue weighted by molar-refractivity contribution is 6.37. The second kappa shape index (κ2) is 12.5. The molecule has 4 aliphatic rings. The maximum absolute atomic E-state index is 14.1. The van der Waals surface area contributed by atoms with Crippen LogP contribution in [0.3, 0.4) is 0 Å². The Labute approximate surface area is 249 Å². The molecule has 1 unspecified atom stereocenters. The van der Waals surface area contributed by atoms with Crippen LogP contribution in [0.1, 0.15) is 92.9 Å². The molecule has 0 aromatic rings. The van der Waals surface area contributed by atoms with E-state index in [2.05, 4.69) is 29.8 Å². The number of rotatable bonds is 13. The number of amides is 5. The Kier molecular flexibility index (Phi) is 9.59. The molecule has 11 heteroatoms. The van der Waals surface area contributed by atoms with Crippen molar-refractivity contribution in [3.63, 3.8) is 0 Å². The van der Waals surface area contributed by atoms with E-state index in [1.54, 1.807) is 4.90 Å². The number of ether oxygens (including phenoxy) is 1. The van der Waals surface area contributed by atoms with E-state index in [9.17, 15) is 24.0 Å². The molecule has 42 heavy (non-hydrogen) atoms. The fourth-order valence-corrected chi connectivity index (χ4v) is 6.76. The second-order valence-electron chi connectivity index (χ2n) is 14.6. The van der Waals surface area contributed by atoms with Gasteiger partial charge in [-0.2, -0.15) is 0 Å². The van der Waals surface area contributed by atoms with Crippen LogP contribution in [0.4, 0.5) is 4.79 Å². The maximum atomic E-state index is 14.1. The standard InChI is InChI=1S/C31H51N5O6/c1-7-18(16-42-19-12-9-13-19)33-29(41)35-25(30(2,3)4)28(40)36-15-20-22(31(20,5)6)23(36)27(39)34-21(24(37)26(32)38)14-17-10-8-11-17/h17-23,25H,7-16H2,1-6H3,(H2,32,38)(H,34,39)(H2,33,35,41)/t18-,20-,21?,22-,23-,25+/m0/s1. The average molecular weight is 590 g/mol. The zero-order valence-electron chi connectivity index (χ0n) is 26.2. The molecule has 0 aromatic carbocycles. The summed E-state index contributed by atoms with van der Waals surface area (Å²) in [5.41, 5.74) is 4.53. The Morgan fingerprint density at radius 1 is 1.00 bits per heavy atom. The Balaban J connectivity index is 1.47. The highest BCUT2D eigenvalue weighted by Crippen LogP contribution is 2.65. The van der Waals surface area contributed by atoms with E-state index in [-0.39, 0.29) is 41.2 Å². The van der Waals surface area contributed by atoms with E-state index in [0.29, 0.717) is 26.0 Å². The Bertz CT molecular complexity index is 1060. The van der Waals surface area contributed by atoms with Crippen LogP contribution in [-0.2, 0) is 23.9 Å². The Morgan fingerprint density at radius 3 is 2.14 bits per heavy atom. The summed E-state index contributed by atoms with van der Waals surface area (Å²) in [6.07, 6.45) is 7.51. The number of carbonyl (C=O) groups excluding carboxylic acids is 5. The Hall–Kier alpha value is -2.69. The highest BCUT2D eigenvalue weighted by Gasteiger charge is 2.70. The lowest BCUT2D eigenvalue weighted by atomic mass is 9.80.